The lowest BCUT2D eigenvalue weighted by Gasteiger charge is -2.25. The van der Waals surface area contributed by atoms with E-state index in [0.29, 0.717) is 10.0 Å². The van der Waals surface area contributed by atoms with E-state index < -0.39 is 0 Å². The van der Waals surface area contributed by atoms with Crippen molar-refractivity contribution < 1.29 is 8.83 Å². The summed E-state index contributed by atoms with van der Waals surface area (Å²) in [4.78, 5) is 2.20. The normalized spacial score (nSPS) is 10.4. The molecule has 0 bridgehead atoms. The van der Waals surface area contributed by atoms with Gasteiger partial charge in [-0.05, 0) is 84.9 Å². The largest absolute Gasteiger partial charge is 0.463 e. The van der Waals surface area contributed by atoms with Crippen LogP contribution in [0.2, 0.25) is 10.0 Å². The maximum Gasteiger partial charge on any atom is 0.135 e. The predicted molar refractivity (Wildman–Crippen MR) is 201 cm³/mol. The molecule has 0 aliphatic heterocycles. The number of nitrogens with one attached hydrogen (secondary N) is 1. The fourth-order valence-electron chi connectivity index (χ4n) is 4.91. The molecule has 4 nitrogen and oxygen atoms in total. The van der Waals surface area contributed by atoms with Crippen LogP contribution in [-0.4, -0.2) is 0 Å². The molecule has 8 rings (SSSR count). The molecule has 0 spiro atoms. The second kappa shape index (κ2) is 15.6. The molecular formula is C40H29BrCl2N2O2. The summed E-state index contributed by atoms with van der Waals surface area (Å²) < 4.78 is 11.6. The van der Waals surface area contributed by atoms with Crippen molar-refractivity contribution in [2.75, 3.05) is 10.2 Å². The summed E-state index contributed by atoms with van der Waals surface area (Å²) in [6.45, 7) is 0. The van der Waals surface area contributed by atoms with Crippen molar-refractivity contribution in [2.45, 2.75) is 0 Å². The first-order valence-electron chi connectivity index (χ1n) is 14.8. The molecular weight excluding hydrogens is 691 g/mol. The van der Waals surface area contributed by atoms with E-state index in [1.165, 1.54) is 0 Å². The molecule has 0 saturated carbocycles. The number of hydrogen-bond acceptors (Lipinski definition) is 4. The monoisotopic (exact) mass is 718 g/mol. The van der Waals surface area contributed by atoms with E-state index in [-0.39, 0.29) is 0 Å². The van der Waals surface area contributed by atoms with Crippen LogP contribution in [0.1, 0.15) is 0 Å². The fraction of sp³-hybridized carbons (Fsp3) is 0. The van der Waals surface area contributed by atoms with Crippen LogP contribution in [-0.2, 0) is 0 Å². The molecule has 0 aliphatic carbocycles. The third kappa shape index (κ3) is 8.27. The van der Waals surface area contributed by atoms with Crippen LogP contribution in [0.3, 0.4) is 0 Å². The number of nitrogens with zero attached hydrogens (tertiary/aromatic N) is 1. The molecule has 0 saturated heterocycles. The summed E-state index contributed by atoms with van der Waals surface area (Å²) in [5.74, 6) is 0. The molecule has 47 heavy (non-hydrogen) atoms. The van der Waals surface area contributed by atoms with E-state index in [9.17, 15) is 0 Å². The zero-order valence-corrected chi connectivity index (χ0v) is 28.2. The zero-order valence-electron chi connectivity index (χ0n) is 25.1. The minimum absolute atomic E-state index is 0.628. The Labute approximate surface area is 291 Å². The van der Waals surface area contributed by atoms with Gasteiger partial charge in [0.1, 0.15) is 23.7 Å². The highest BCUT2D eigenvalue weighted by Crippen LogP contribution is 2.37. The Hall–Kier alpha value is -4.94. The molecule has 2 aromatic heterocycles. The first kappa shape index (κ1) is 32.0. The summed E-state index contributed by atoms with van der Waals surface area (Å²) in [6, 6.07) is 52.6. The summed E-state index contributed by atoms with van der Waals surface area (Å²) in [7, 11) is 0. The highest BCUT2D eigenvalue weighted by Gasteiger charge is 2.14. The number of halogens is 3. The lowest BCUT2D eigenvalue weighted by Crippen LogP contribution is -2.09. The van der Waals surface area contributed by atoms with Crippen molar-refractivity contribution in [3.63, 3.8) is 0 Å². The van der Waals surface area contributed by atoms with E-state index in [1.807, 2.05) is 127 Å². The van der Waals surface area contributed by atoms with Gasteiger partial charge in [0, 0.05) is 43.7 Å². The lowest BCUT2D eigenvalue weighted by molar-refractivity contribution is 0.615. The standard InChI is InChI=1S/C20H14ClNO.C12H11N.C8H4BrClO/c21-19-14-23-20-12-11-17(13-18(19)20)22(15-7-3-1-4-8-15)16-9-5-2-6-10-16;1-3-7-11(8-4-1)13-12-9-5-2-6-10-12;9-5-1-2-8-6(3-5)7(10)4-11-8/h1-14H;1-10,13H;1-4H. The van der Waals surface area contributed by atoms with E-state index >= 15 is 0 Å². The van der Waals surface area contributed by atoms with Gasteiger partial charge in [-0.1, -0.05) is 112 Å². The summed E-state index contributed by atoms with van der Waals surface area (Å²) in [5, 5.41) is 6.45. The zero-order chi connectivity index (χ0) is 32.4. The predicted octanol–water partition coefficient (Wildman–Crippen LogP) is 13.8. The van der Waals surface area contributed by atoms with Gasteiger partial charge in [0.2, 0.25) is 0 Å². The average molecular weight is 720 g/mol. The molecule has 0 fully saturated rings. The molecule has 0 atom stereocenters. The van der Waals surface area contributed by atoms with Crippen molar-refractivity contribution in [2.24, 2.45) is 0 Å². The number of hydrogen-bond donors (Lipinski definition) is 1. The van der Waals surface area contributed by atoms with Crippen molar-refractivity contribution in [3.8, 4) is 0 Å². The Balaban J connectivity index is 0.000000136. The van der Waals surface area contributed by atoms with Gasteiger partial charge in [0.15, 0.2) is 0 Å². The van der Waals surface area contributed by atoms with Crippen LogP contribution >= 0.6 is 39.1 Å². The number of benzene rings is 6. The van der Waals surface area contributed by atoms with E-state index in [1.54, 1.807) is 12.5 Å². The van der Waals surface area contributed by atoms with Crippen LogP contribution in [0.25, 0.3) is 21.9 Å². The molecule has 0 unspecified atom stereocenters. The molecule has 1 N–H and O–H groups in total. The van der Waals surface area contributed by atoms with Gasteiger partial charge in [0.25, 0.3) is 0 Å². The van der Waals surface area contributed by atoms with Crippen LogP contribution < -0.4 is 10.2 Å². The highest BCUT2D eigenvalue weighted by molar-refractivity contribution is 9.10. The maximum atomic E-state index is 6.23. The average Bonchev–Trinajstić information content (AvgIpc) is 3.68. The Morgan fingerprint density at radius 1 is 0.468 bits per heavy atom. The van der Waals surface area contributed by atoms with Crippen LogP contribution in [0.5, 0.6) is 0 Å². The van der Waals surface area contributed by atoms with Gasteiger partial charge < -0.3 is 19.1 Å². The first-order valence-corrected chi connectivity index (χ1v) is 16.4. The van der Waals surface area contributed by atoms with Crippen molar-refractivity contribution in [1.82, 2.24) is 0 Å². The first-order chi connectivity index (χ1) is 23.0. The molecule has 232 valence electrons. The van der Waals surface area contributed by atoms with E-state index in [2.05, 4.69) is 56.5 Å². The van der Waals surface area contributed by atoms with Crippen molar-refractivity contribution in [1.29, 1.82) is 0 Å². The number of rotatable bonds is 5. The van der Waals surface area contributed by atoms with Gasteiger partial charge in [-0.15, -0.1) is 0 Å². The van der Waals surface area contributed by atoms with Crippen LogP contribution in [0, 0.1) is 0 Å². The number of fused-ring (bicyclic) bond motifs is 2. The SMILES string of the molecule is Clc1coc2ccc(Br)cc12.Clc1coc2ccc(N(c3ccccc3)c3ccccc3)cc12.c1ccc(Nc2ccccc2)cc1. The van der Waals surface area contributed by atoms with Crippen molar-refractivity contribution >= 4 is 89.5 Å². The maximum absolute atomic E-state index is 6.23. The summed E-state index contributed by atoms with van der Waals surface area (Å²) in [5.41, 5.74) is 7.08. The molecule has 0 radical (unpaired) electrons. The molecule has 2 heterocycles. The molecule has 8 aromatic rings. The Bertz CT molecular complexity index is 2080. The van der Waals surface area contributed by atoms with Gasteiger partial charge >= 0.3 is 0 Å². The second-order valence-corrected chi connectivity index (χ2v) is 12.1. The topological polar surface area (TPSA) is 41.6 Å². The third-order valence-corrected chi connectivity index (χ3v) is 8.20. The third-order valence-electron chi connectivity index (χ3n) is 7.12. The van der Waals surface area contributed by atoms with E-state index in [4.69, 9.17) is 32.0 Å². The van der Waals surface area contributed by atoms with Gasteiger partial charge in [-0.3, -0.25) is 0 Å². The van der Waals surface area contributed by atoms with Gasteiger partial charge in [0.05, 0.1) is 10.0 Å². The van der Waals surface area contributed by atoms with E-state index in [0.717, 1.165) is 54.8 Å². The number of anilines is 5. The number of furan rings is 2. The Morgan fingerprint density at radius 2 is 0.894 bits per heavy atom. The summed E-state index contributed by atoms with van der Waals surface area (Å²) >= 11 is 15.4. The molecule has 7 heteroatoms. The molecule has 0 aliphatic rings. The lowest BCUT2D eigenvalue weighted by atomic mass is 10.1. The number of para-hydroxylation sites is 4. The smallest absolute Gasteiger partial charge is 0.135 e. The van der Waals surface area contributed by atoms with Crippen LogP contribution in [0.4, 0.5) is 28.4 Å². The fourth-order valence-corrected chi connectivity index (χ4v) is 5.65. The van der Waals surface area contributed by atoms with Gasteiger partial charge in [-0.2, -0.15) is 0 Å². The minimum Gasteiger partial charge on any atom is -0.463 e. The molecule has 0 amide bonds. The second-order valence-electron chi connectivity index (χ2n) is 10.4. The quantitative estimate of drug-likeness (QED) is 0.192. The Kier molecular flexibility index (Phi) is 10.6. The minimum atomic E-state index is 0.628. The molecule has 6 aromatic carbocycles. The Morgan fingerprint density at radius 3 is 1.38 bits per heavy atom. The van der Waals surface area contributed by atoms with Crippen LogP contribution in [0.15, 0.2) is 184 Å². The van der Waals surface area contributed by atoms with Gasteiger partial charge in [-0.25, -0.2) is 0 Å². The van der Waals surface area contributed by atoms with Crippen molar-refractivity contribution in [3.05, 3.63) is 185 Å². The highest BCUT2D eigenvalue weighted by atomic mass is 79.9. The summed E-state index contributed by atoms with van der Waals surface area (Å²) in [6.07, 6.45) is 3.12.